The molecule has 1 aromatic rings. The topological polar surface area (TPSA) is 72.3 Å². The first-order valence-corrected chi connectivity index (χ1v) is 7.04. The van der Waals surface area contributed by atoms with Crippen molar-refractivity contribution in [1.82, 2.24) is 0 Å². The Morgan fingerprint density at radius 1 is 1.37 bits per heavy atom. The van der Waals surface area contributed by atoms with Crippen molar-refractivity contribution in [2.24, 2.45) is 17.4 Å². The van der Waals surface area contributed by atoms with E-state index in [1.165, 1.54) is 0 Å². The van der Waals surface area contributed by atoms with E-state index in [1.807, 2.05) is 6.07 Å². The SMILES string of the molecule is NCCC1CCN(c2ccc(Cl)cc2C(N)=O)CC1. The maximum Gasteiger partial charge on any atom is 0.250 e. The molecule has 1 fully saturated rings. The quantitative estimate of drug-likeness (QED) is 0.887. The lowest BCUT2D eigenvalue weighted by Gasteiger charge is -2.34. The van der Waals surface area contributed by atoms with Gasteiger partial charge in [0.05, 0.1) is 5.56 Å². The van der Waals surface area contributed by atoms with Crippen LogP contribution in [0.5, 0.6) is 0 Å². The number of nitrogens with two attached hydrogens (primary N) is 2. The van der Waals surface area contributed by atoms with E-state index in [1.54, 1.807) is 12.1 Å². The molecule has 1 heterocycles. The third kappa shape index (κ3) is 3.39. The molecule has 4 N–H and O–H groups in total. The number of amides is 1. The number of hydrogen-bond acceptors (Lipinski definition) is 3. The van der Waals surface area contributed by atoms with E-state index in [-0.39, 0.29) is 0 Å². The Kier molecular flexibility index (Phi) is 4.66. The molecule has 0 bridgehead atoms. The van der Waals surface area contributed by atoms with Gasteiger partial charge in [-0.3, -0.25) is 4.79 Å². The summed E-state index contributed by atoms with van der Waals surface area (Å²) in [7, 11) is 0. The standard InChI is InChI=1S/C14H20ClN3O/c15-11-1-2-13(12(9-11)14(17)19)18-7-4-10(3-6-16)5-8-18/h1-2,9-10H,3-8,16H2,(H2,17,19). The molecule has 0 aromatic heterocycles. The first kappa shape index (κ1) is 14.2. The van der Waals surface area contributed by atoms with Crippen LogP contribution in [0.2, 0.25) is 5.02 Å². The zero-order chi connectivity index (χ0) is 13.8. The summed E-state index contributed by atoms with van der Waals surface area (Å²) in [4.78, 5) is 13.7. The van der Waals surface area contributed by atoms with Crippen LogP contribution >= 0.6 is 11.6 Å². The fourth-order valence-electron chi connectivity index (χ4n) is 2.68. The highest BCUT2D eigenvalue weighted by Gasteiger charge is 2.21. The average Bonchev–Trinajstić information content (AvgIpc) is 2.40. The van der Waals surface area contributed by atoms with Gasteiger partial charge in [-0.2, -0.15) is 0 Å². The highest BCUT2D eigenvalue weighted by atomic mass is 35.5. The maximum atomic E-state index is 11.5. The van der Waals surface area contributed by atoms with Crippen molar-refractivity contribution in [3.8, 4) is 0 Å². The van der Waals surface area contributed by atoms with Crippen LogP contribution in [0.4, 0.5) is 5.69 Å². The van der Waals surface area contributed by atoms with Crippen molar-refractivity contribution in [2.75, 3.05) is 24.5 Å². The van der Waals surface area contributed by atoms with E-state index in [9.17, 15) is 4.79 Å². The molecule has 2 rings (SSSR count). The van der Waals surface area contributed by atoms with Gasteiger partial charge in [0.2, 0.25) is 0 Å². The van der Waals surface area contributed by atoms with Crippen LogP contribution < -0.4 is 16.4 Å². The van der Waals surface area contributed by atoms with Gasteiger partial charge in [0, 0.05) is 23.8 Å². The number of benzene rings is 1. The zero-order valence-electron chi connectivity index (χ0n) is 10.9. The minimum atomic E-state index is -0.429. The maximum absolute atomic E-state index is 11.5. The summed E-state index contributed by atoms with van der Waals surface area (Å²) >= 11 is 5.92. The Morgan fingerprint density at radius 2 is 2.05 bits per heavy atom. The highest BCUT2D eigenvalue weighted by molar-refractivity contribution is 6.31. The van der Waals surface area contributed by atoms with Gasteiger partial charge in [0.25, 0.3) is 5.91 Å². The number of rotatable bonds is 4. The lowest BCUT2D eigenvalue weighted by atomic mass is 9.93. The number of nitrogens with zero attached hydrogens (tertiary/aromatic N) is 1. The molecule has 104 valence electrons. The van der Waals surface area contributed by atoms with Crippen molar-refractivity contribution in [3.05, 3.63) is 28.8 Å². The number of halogens is 1. The highest BCUT2D eigenvalue weighted by Crippen LogP contribution is 2.29. The lowest BCUT2D eigenvalue weighted by Crippen LogP contribution is -2.35. The summed E-state index contributed by atoms with van der Waals surface area (Å²) in [6, 6.07) is 5.33. The predicted octanol–water partition coefficient (Wildman–Crippen LogP) is 2.00. The number of anilines is 1. The molecule has 1 aliphatic rings. The van der Waals surface area contributed by atoms with E-state index >= 15 is 0 Å². The summed E-state index contributed by atoms with van der Waals surface area (Å²) in [5, 5.41) is 0.538. The third-order valence-electron chi connectivity index (χ3n) is 3.75. The van der Waals surface area contributed by atoms with Crippen LogP contribution in [-0.2, 0) is 0 Å². The second-order valence-corrected chi connectivity index (χ2v) is 5.47. The van der Waals surface area contributed by atoms with Crippen LogP contribution in [0, 0.1) is 5.92 Å². The lowest BCUT2D eigenvalue weighted by molar-refractivity contribution is 0.100. The first-order valence-electron chi connectivity index (χ1n) is 6.66. The molecule has 0 unspecified atom stereocenters. The van der Waals surface area contributed by atoms with E-state index in [0.29, 0.717) is 16.5 Å². The van der Waals surface area contributed by atoms with Gasteiger partial charge in [0.15, 0.2) is 0 Å². The Bertz CT molecular complexity index is 456. The van der Waals surface area contributed by atoms with Crippen LogP contribution in [0.1, 0.15) is 29.6 Å². The van der Waals surface area contributed by atoms with Crippen molar-refractivity contribution >= 4 is 23.2 Å². The third-order valence-corrected chi connectivity index (χ3v) is 3.99. The summed E-state index contributed by atoms with van der Waals surface area (Å²) in [6.45, 7) is 2.62. The molecule has 0 radical (unpaired) electrons. The summed E-state index contributed by atoms with van der Waals surface area (Å²) in [5.74, 6) is 0.271. The number of piperidine rings is 1. The molecule has 0 aliphatic carbocycles. The van der Waals surface area contributed by atoms with E-state index in [2.05, 4.69) is 4.90 Å². The van der Waals surface area contributed by atoms with Gasteiger partial charge in [-0.1, -0.05) is 11.6 Å². The first-order chi connectivity index (χ1) is 9.11. The number of hydrogen-bond donors (Lipinski definition) is 2. The van der Waals surface area contributed by atoms with E-state index in [4.69, 9.17) is 23.1 Å². The number of carbonyl (C=O) groups excluding carboxylic acids is 1. The fraction of sp³-hybridized carbons (Fsp3) is 0.500. The van der Waals surface area contributed by atoms with Gasteiger partial charge in [-0.25, -0.2) is 0 Å². The molecule has 0 atom stereocenters. The van der Waals surface area contributed by atoms with Crippen molar-refractivity contribution in [1.29, 1.82) is 0 Å². The number of primary amides is 1. The minimum absolute atomic E-state index is 0.429. The molecule has 0 saturated carbocycles. The zero-order valence-corrected chi connectivity index (χ0v) is 11.7. The van der Waals surface area contributed by atoms with Crippen LogP contribution in [0.3, 0.4) is 0 Å². The van der Waals surface area contributed by atoms with Gasteiger partial charge in [-0.15, -0.1) is 0 Å². The summed E-state index contributed by atoms with van der Waals surface area (Å²) < 4.78 is 0. The van der Waals surface area contributed by atoms with Crippen molar-refractivity contribution in [2.45, 2.75) is 19.3 Å². The molecule has 0 spiro atoms. The van der Waals surface area contributed by atoms with Crippen molar-refractivity contribution < 1.29 is 4.79 Å². The van der Waals surface area contributed by atoms with Crippen LogP contribution in [0.15, 0.2) is 18.2 Å². The predicted molar refractivity (Wildman–Crippen MR) is 78.6 cm³/mol. The molecule has 19 heavy (non-hydrogen) atoms. The second kappa shape index (κ2) is 6.26. The smallest absolute Gasteiger partial charge is 0.250 e. The van der Waals surface area contributed by atoms with Crippen LogP contribution in [-0.4, -0.2) is 25.5 Å². The molecule has 1 saturated heterocycles. The van der Waals surface area contributed by atoms with Crippen molar-refractivity contribution in [3.63, 3.8) is 0 Å². The molecule has 1 amide bonds. The Labute approximate surface area is 118 Å². The van der Waals surface area contributed by atoms with Crippen LogP contribution in [0.25, 0.3) is 0 Å². The molecule has 5 heteroatoms. The normalized spacial score (nSPS) is 16.6. The molecular weight excluding hydrogens is 262 g/mol. The Morgan fingerprint density at radius 3 is 2.63 bits per heavy atom. The van der Waals surface area contributed by atoms with Gasteiger partial charge in [0.1, 0.15) is 0 Å². The van der Waals surface area contributed by atoms with E-state index < -0.39 is 5.91 Å². The largest absolute Gasteiger partial charge is 0.371 e. The monoisotopic (exact) mass is 281 g/mol. The van der Waals surface area contributed by atoms with Gasteiger partial charge >= 0.3 is 0 Å². The summed E-state index contributed by atoms with van der Waals surface area (Å²) in [6.07, 6.45) is 3.30. The van der Waals surface area contributed by atoms with Gasteiger partial charge in [-0.05, 0) is 49.9 Å². The fourth-order valence-corrected chi connectivity index (χ4v) is 2.85. The Balaban J connectivity index is 2.13. The average molecular weight is 282 g/mol. The minimum Gasteiger partial charge on any atom is -0.371 e. The molecule has 4 nitrogen and oxygen atoms in total. The second-order valence-electron chi connectivity index (χ2n) is 5.03. The molecule has 1 aromatic carbocycles. The Hall–Kier alpha value is -1.26. The summed E-state index contributed by atoms with van der Waals surface area (Å²) in [5.41, 5.74) is 12.4. The van der Waals surface area contributed by atoms with Gasteiger partial charge < -0.3 is 16.4 Å². The van der Waals surface area contributed by atoms with E-state index in [0.717, 1.165) is 44.6 Å². The number of carbonyl (C=O) groups is 1. The molecular formula is C14H20ClN3O. The molecule has 1 aliphatic heterocycles.